The van der Waals surface area contributed by atoms with Gasteiger partial charge in [-0.1, -0.05) is 95.8 Å². The average molecular weight is 605 g/mol. The summed E-state index contributed by atoms with van der Waals surface area (Å²) < 4.78 is 33.4. The fourth-order valence-corrected chi connectivity index (χ4v) is 7.79. The molecule has 1 aliphatic heterocycles. The molecule has 0 spiro atoms. The van der Waals surface area contributed by atoms with Gasteiger partial charge >= 0.3 is 0 Å². The maximum atomic E-state index is 13.6. The summed E-state index contributed by atoms with van der Waals surface area (Å²) in [6.07, 6.45) is 9.16. The summed E-state index contributed by atoms with van der Waals surface area (Å²) >= 11 is 0. The van der Waals surface area contributed by atoms with Gasteiger partial charge in [-0.25, -0.2) is 4.18 Å². The zero-order valence-corrected chi connectivity index (χ0v) is 28.1. The molecule has 0 saturated carbocycles. The monoisotopic (exact) mass is 604 g/mol. The third-order valence-electron chi connectivity index (χ3n) is 8.78. The molecule has 0 saturated heterocycles. The van der Waals surface area contributed by atoms with Crippen molar-refractivity contribution in [1.29, 1.82) is 0 Å². The van der Waals surface area contributed by atoms with Crippen LogP contribution in [0.5, 0.6) is 0 Å². The van der Waals surface area contributed by atoms with E-state index in [9.17, 15) is 8.42 Å². The zero-order chi connectivity index (χ0) is 31.0. The summed E-state index contributed by atoms with van der Waals surface area (Å²) in [5.41, 5.74) is 5.80. The van der Waals surface area contributed by atoms with Crippen LogP contribution in [-0.2, 0) is 19.9 Å². The van der Waals surface area contributed by atoms with E-state index in [2.05, 4.69) is 87.7 Å². The standard InChI is InChI=1S/C37H52N2O3S/c1-7-11-23-38(24-12-8-2)34-21-19-31(27-29(34)5)37(33-17-15-16-18-36(33)43(40,41)42-37)32-20-22-35(30(6)28-32)39(25-13-9-3)26-14-10-4/h15-22,27-28H,7-14,23-26H2,1-6H3. The lowest BCUT2D eigenvalue weighted by Gasteiger charge is -2.33. The molecule has 234 valence electrons. The van der Waals surface area contributed by atoms with Gasteiger partial charge in [0.1, 0.15) is 4.90 Å². The molecule has 43 heavy (non-hydrogen) atoms. The molecule has 5 nitrogen and oxygen atoms in total. The number of nitrogens with zero attached hydrogens (tertiary/aromatic N) is 2. The Hall–Kier alpha value is -2.83. The Balaban J connectivity index is 1.86. The van der Waals surface area contributed by atoms with Gasteiger partial charge in [-0.3, -0.25) is 0 Å². The van der Waals surface area contributed by atoms with Crippen LogP contribution in [0.25, 0.3) is 0 Å². The van der Waals surface area contributed by atoms with Gasteiger partial charge in [0.2, 0.25) is 0 Å². The van der Waals surface area contributed by atoms with Crippen molar-refractivity contribution in [1.82, 2.24) is 0 Å². The molecule has 0 radical (unpaired) electrons. The summed E-state index contributed by atoms with van der Waals surface area (Å²) in [5, 5.41) is 0. The van der Waals surface area contributed by atoms with Crippen molar-refractivity contribution < 1.29 is 12.6 Å². The highest BCUT2D eigenvalue weighted by Gasteiger charge is 2.51. The lowest BCUT2D eigenvalue weighted by Crippen LogP contribution is -2.31. The SMILES string of the molecule is CCCCN(CCCC)c1ccc(C2(c3ccc(N(CCCC)CCCC)c(C)c3)OS(=O)(=O)c3ccccc32)cc1C. The number of unbranched alkanes of at least 4 members (excludes halogenated alkanes) is 4. The molecule has 0 atom stereocenters. The van der Waals surface area contributed by atoms with Crippen LogP contribution in [0.3, 0.4) is 0 Å². The predicted molar refractivity (Wildman–Crippen MR) is 181 cm³/mol. The van der Waals surface area contributed by atoms with E-state index in [-0.39, 0.29) is 4.90 Å². The molecule has 3 aromatic carbocycles. The molecule has 0 unspecified atom stereocenters. The second kappa shape index (κ2) is 14.8. The maximum Gasteiger partial charge on any atom is 0.298 e. The molecule has 0 fully saturated rings. The number of aryl methyl sites for hydroxylation is 2. The van der Waals surface area contributed by atoms with Gasteiger partial charge in [-0.15, -0.1) is 0 Å². The van der Waals surface area contributed by atoms with Crippen molar-refractivity contribution in [2.45, 2.75) is 103 Å². The van der Waals surface area contributed by atoms with Crippen LogP contribution in [-0.4, -0.2) is 34.6 Å². The second-order valence-corrected chi connectivity index (χ2v) is 13.6. The Morgan fingerprint density at radius 2 is 1.05 bits per heavy atom. The van der Waals surface area contributed by atoms with E-state index in [4.69, 9.17) is 4.18 Å². The van der Waals surface area contributed by atoms with Crippen LogP contribution < -0.4 is 9.80 Å². The first-order valence-electron chi connectivity index (χ1n) is 16.5. The summed E-state index contributed by atoms with van der Waals surface area (Å²) in [7, 11) is -3.96. The fraction of sp³-hybridized carbons (Fsp3) is 0.514. The number of fused-ring (bicyclic) bond motifs is 1. The largest absolute Gasteiger partial charge is 0.371 e. The second-order valence-electron chi connectivity index (χ2n) is 12.1. The average Bonchev–Trinajstić information content (AvgIpc) is 3.25. The Labute approximate surface area is 261 Å². The molecule has 0 aliphatic carbocycles. The molecular formula is C37H52N2O3S. The maximum absolute atomic E-state index is 13.6. The highest BCUT2D eigenvalue weighted by atomic mass is 32.2. The van der Waals surface area contributed by atoms with E-state index in [1.54, 1.807) is 12.1 Å². The van der Waals surface area contributed by atoms with Crippen LogP contribution in [0.15, 0.2) is 65.6 Å². The minimum Gasteiger partial charge on any atom is -0.371 e. The Morgan fingerprint density at radius 1 is 0.628 bits per heavy atom. The first kappa shape index (κ1) is 33.1. The Kier molecular flexibility index (Phi) is 11.4. The lowest BCUT2D eigenvalue weighted by molar-refractivity contribution is 0.180. The quantitative estimate of drug-likeness (QED) is 0.153. The van der Waals surface area contributed by atoms with Crippen molar-refractivity contribution in [2.24, 2.45) is 0 Å². The van der Waals surface area contributed by atoms with E-state index in [0.29, 0.717) is 5.56 Å². The van der Waals surface area contributed by atoms with Crippen molar-refractivity contribution in [3.05, 3.63) is 88.5 Å². The van der Waals surface area contributed by atoms with Gasteiger partial charge in [-0.05, 0) is 80.0 Å². The third kappa shape index (κ3) is 6.96. The summed E-state index contributed by atoms with van der Waals surface area (Å²) in [4.78, 5) is 5.22. The molecule has 3 aromatic rings. The topological polar surface area (TPSA) is 49.9 Å². The van der Waals surface area contributed by atoms with E-state index >= 15 is 0 Å². The Morgan fingerprint density at radius 3 is 1.44 bits per heavy atom. The van der Waals surface area contributed by atoms with Crippen LogP contribution in [0, 0.1) is 13.8 Å². The van der Waals surface area contributed by atoms with Gasteiger partial charge in [0.15, 0.2) is 5.60 Å². The number of anilines is 2. The van der Waals surface area contributed by atoms with Crippen molar-refractivity contribution >= 4 is 21.5 Å². The van der Waals surface area contributed by atoms with Crippen molar-refractivity contribution in [3.8, 4) is 0 Å². The predicted octanol–water partition coefficient (Wildman–Crippen LogP) is 9.13. The van der Waals surface area contributed by atoms with E-state index < -0.39 is 15.7 Å². The molecule has 6 heteroatoms. The van der Waals surface area contributed by atoms with Crippen LogP contribution in [0.4, 0.5) is 11.4 Å². The number of hydrogen-bond donors (Lipinski definition) is 0. The summed E-state index contributed by atoms with van der Waals surface area (Å²) in [6.45, 7) is 17.3. The van der Waals surface area contributed by atoms with Gasteiger partial charge in [-0.2, -0.15) is 8.42 Å². The molecular weight excluding hydrogens is 552 g/mol. The van der Waals surface area contributed by atoms with Crippen LogP contribution in [0.1, 0.15) is 107 Å². The minimum atomic E-state index is -3.96. The highest BCUT2D eigenvalue weighted by Crippen LogP contribution is 2.51. The molecule has 0 aromatic heterocycles. The summed E-state index contributed by atoms with van der Waals surface area (Å²) in [5.74, 6) is 0. The molecule has 4 rings (SSSR count). The normalized spacial score (nSPS) is 14.9. The van der Waals surface area contributed by atoms with Crippen molar-refractivity contribution in [2.75, 3.05) is 36.0 Å². The summed E-state index contributed by atoms with van der Waals surface area (Å²) in [6, 6.07) is 20.1. The fourth-order valence-electron chi connectivity index (χ4n) is 6.36. The van der Waals surface area contributed by atoms with E-state index in [1.165, 1.54) is 11.4 Å². The van der Waals surface area contributed by atoms with Gasteiger partial charge in [0.25, 0.3) is 10.1 Å². The number of hydrogen-bond acceptors (Lipinski definition) is 5. The molecule has 0 amide bonds. The minimum absolute atomic E-state index is 0.249. The van der Waals surface area contributed by atoms with Gasteiger partial charge < -0.3 is 9.80 Å². The van der Waals surface area contributed by atoms with Crippen molar-refractivity contribution in [3.63, 3.8) is 0 Å². The molecule has 0 N–H and O–H groups in total. The molecule has 0 bridgehead atoms. The van der Waals surface area contributed by atoms with Crippen LogP contribution in [0.2, 0.25) is 0 Å². The van der Waals surface area contributed by atoms with Gasteiger partial charge in [0.05, 0.1) is 0 Å². The third-order valence-corrected chi connectivity index (χ3v) is 10.1. The number of rotatable bonds is 16. The van der Waals surface area contributed by atoms with E-state index in [1.807, 2.05) is 12.1 Å². The number of benzene rings is 3. The smallest absolute Gasteiger partial charge is 0.298 e. The van der Waals surface area contributed by atoms with Crippen LogP contribution >= 0.6 is 0 Å². The van der Waals surface area contributed by atoms with E-state index in [0.717, 1.165) is 99.8 Å². The molecule has 1 aliphatic rings. The highest BCUT2D eigenvalue weighted by molar-refractivity contribution is 7.87. The Bertz CT molecular complexity index is 1380. The first-order chi connectivity index (χ1) is 20.7. The molecule has 1 heterocycles. The lowest BCUT2D eigenvalue weighted by atomic mass is 9.79. The first-order valence-corrected chi connectivity index (χ1v) is 17.9. The van der Waals surface area contributed by atoms with Gasteiger partial charge in [0, 0.05) is 43.1 Å². The zero-order valence-electron chi connectivity index (χ0n) is 27.3.